The summed E-state index contributed by atoms with van der Waals surface area (Å²) in [6.07, 6.45) is 1.62. The van der Waals surface area contributed by atoms with Gasteiger partial charge in [0.15, 0.2) is 14.7 Å². The summed E-state index contributed by atoms with van der Waals surface area (Å²) in [7, 11) is -3.32. The Morgan fingerprint density at radius 2 is 1.96 bits per heavy atom. The van der Waals surface area contributed by atoms with Gasteiger partial charge in [0.1, 0.15) is 12.1 Å². The minimum Gasteiger partial charge on any atom is -0.612 e. The molecule has 140 valence electrons. The van der Waals surface area contributed by atoms with Crippen LogP contribution in [0.25, 0.3) is 10.9 Å². The lowest BCUT2D eigenvalue weighted by Gasteiger charge is -2.22. The molecular weight excluding hydrogens is 404 g/mol. The summed E-state index contributed by atoms with van der Waals surface area (Å²) >= 11 is 5.37. The van der Waals surface area contributed by atoms with Crippen LogP contribution < -0.4 is 4.90 Å². The zero-order valence-electron chi connectivity index (χ0n) is 14.6. The van der Waals surface area contributed by atoms with E-state index in [1.165, 1.54) is 0 Å². The lowest BCUT2D eigenvalue weighted by atomic mass is 10.2. The monoisotopic (exact) mass is 420 g/mol. The first-order chi connectivity index (χ1) is 12.8. The summed E-state index contributed by atoms with van der Waals surface area (Å²) in [5, 5.41) is 1.23. The van der Waals surface area contributed by atoms with Crippen molar-refractivity contribution in [2.75, 3.05) is 23.5 Å². The Labute approximate surface area is 166 Å². The molecule has 0 bridgehead atoms. The maximum absolute atomic E-state index is 12.5. The molecule has 0 fully saturated rings. The molecular formula is C19H17ClN2O3S2. The first kappa shape index (κ1) is 18.6. The fourth-order valence-corrected chi connectivity index (χ4v) is 5.54. The van der Waals surface area contributed by atoms with Crippen LogP contribution in [0.5, 0.6) is 0 Å². The molecule has 1 unspecified atom stereocenters. The van der Waals surface area contributed by atoms with E-state index in [-0.39, 0.29) is 5.75 Å². The molecule has 0 spiro atoms. The maximum Gasteiger partial charge on any atom is 0.180 e. The highest BCUT2D eigenvalue weighted by Gasteiger charge is 2.26. The topological polar surface area (TPSA) is 73.3 Å². The van der Waals surface area contributed by atoms with Gasteiger partial charge in [0.25, 0.3) is 0 Å². The molecule has 0 saturated carbocycles. The summed E-state index contributed by atoms with van der Waals surface area (Å²) in [6.45, 7) is 0.782. The second-order valence-corrected chi connectivity index (χ2v) is 10.3. The van der Waals surface area contributed by atoms with Gasteiger partial charge >= 0.3 is 0 Å². The number of sulfone groups is 1. The molecule has 27 heavy (non-hydrogen) atoms. The smallest absolute Gasteiger partial charge is 0.180 e. The Kier molecular flexibility index (Phi) is 4.80. The largest absolute Gasteiger partial charge is 0.612 e. The number of halogens is 1. The van der Waals surface area contributed by atoms with Gasteiger partial charge in [-0.3, -0.25) is 0 Å². The molecule has 1 aliphatic heterocycles. The highest BCUT2D eigenvalue weighted by molar-refractivity contribution is 7.91. The van der Waals surface area contributed by atoms with Gasteiger partial charge in [0, 0.05) is 24.5 Å². The number of anilines is 1. The molecule has 0 aliphatic carbocycles. The van der Waals surface area contributed by atoms with Crippen LogP contribution in [-0.4, -0.2) is 36.5 Å². The number of fused-ring (bicyclic) bond motifs is 2. The van der Waals surface area contributed by atoms with Gasteiger partial charge in [-0.05, 0) is 41.0 Å². The Hall–Kier alpha value is -1.80. The predicted octanol–water partition coefficient (Wildman–Crippen LogP) is 3.42. The Balaban J connectivity index is 1.78. The van der Waals surface area contributed by atoms with Crippen LogP contribution in [0, 0.1) is 0 Å². The van der Waals surface area contributed by atoms with Gasteiger partial charge in [-0.15, -0.1) is 0 Å². The normalized spacial score (nSPS) is 17.4. The molecule has 4 rings (SSSR count). The lowest BCUT2D eigenvalue weighted by molar-refractivity contribution is 0.596. The summed E-state index contributed by atoms with van der Waals surface area (Å²) < 4.78 is 36.8. The number of rotatable bonds is 2. The summed E-state index contributed by atoms with van der Waals surface area (Å²) in [4.78, 5) is 7.67. The third-order valence-corrected chi connectivity index (χ3v) is 7.69. The molecule has 0 saturated heterocycles. The lowest BCUT2D eigenvalue weighted by Crippen LogP contribution is -2.26. The van der Waals surface area contributed by atoms with Crippen LogP contribution in [-0.2, 0) is 27.6 Å². The average molecular weight is 421 g/mol. The van der Waals surface area contributed by atoms with E-state index in [9.17, 15) is 13.0 Å². The van der Waals surface area contributed by atoms with E-state index in [0.29, 0.717) is 39.2 Å². The second-order valence-electron chi connectivity index (χ2n) is 6.44. The fourth-order valence-electron chi connectivity index (χ4n) is 3.25. The van der Waals surface area contributed by atoms with Crippen LogP contribution in [0.15, 0.2) is 58.3 Å². The molecule has 8 heteroatoms. The average Bonchev–Trinajstić information content (AvgIpc) is 2.78. The molecule has 1 atom stereocenters. The Morgan fingerprint density at radius 1 is 1.19 bits per heavy atom. The van der Waals surface area contributed by atoms with E-state index < -0.39 is 21.0 Å². The van der Waals surface area contributed by atoms with Gasteiger partial charge < -0.3 is 9.45 Å². The standard InChI is InChI=1S/C19H17ClN2O3S2/c1-26(23)14-6-7-17-15(10-14)16(20)11-19(21-17)22-8-9-27(24,25)18-5-3-2-4-13(18)12-22/h2-7,10-11H,8-9,12H2,1H3. The van der Waals surface area contributed by atoms with Crippen molar-refractivity contribution in [1.29, 1.82) is 0 Å². The number of aromatic nitrogens is 1. The van der Waals surface area contributed by atoms with Crippen molar-refractivity contribution in [3.05, 3.63) is 59.1 Å². The molecule has 0 radical (unpaired) electrons. The van der Waals surface area contributed by atoms with Crippen molar-refractivity contribution in [3.8, 4) is 0 Å². The van der Waals surface area contributed by atoms with Crippen molar-refractivity contribution in [1.82, 2.24) is 4.98 Å². The first-order valence-corrected chi connectivity index (χ1v) is 11.9. The summed E-state index contributed by atoms with van der Waals surface area (Å²) in [5.41, 5.74) is 1.44. The van der Waals surface area contributed by atoms with Crippen molar-refractivity contribution in [2.24, 2.45) is 0 Å². The van der Waals surface area contributed by atoms with E-state index >= 15 is 0 Å². The number of pyridine rings is 1. The zero-order valence-corrected chi connectivity index (χ0v) is 16.9. The molecule has 0 N–H and O–H groups in total. The number of hydrogen-bond acceptors (Lipinski definition) is 5. The minimum atomic E-state index is -3.32. The molecule has 5 nitrogen and oxygen atoms in total. The highest BCUT2D eigenvalue weighted by Crippen LogP contribution is 2.31. The van der Waals surface area contributed by atoms with Crippen LogP contribution in [0.3, 0.4) is 0 Å². The van der Waals surface area contributed by atoms with E-state index in [4.69, 9.17) is 11.6 Å². The van der Waals surface area contributed by atoms with Crippen molar-refractivity contribution >= 4 is 49.3 Å². The van der Waals surface area contributed by atoms with Crippen molar-refractivity contribution < 1.29 is 13.0 Å². The number of nitrogens with zero attached hydrogens (tertiary/aromatic N) is 2. The van der Waals surface area contributed by atoms with Gasteiger partial charge in [0.2, 0.25) is 0 Å². The van der Waals surface area contributed by atoms with Crippen LogP contribution in [0.4, 0.5) is 5.82 Å². The van der Waals surface area contributed by atoms with Gasteiger partial charge in [-0.2, -0.15) is 0 Å². The maximum atomic E-state index is 12.5. The molecule has 2 aromatic carbocycles. The van der Waals surface area contributed by atoms with Crippen molar-refractivity contribution in [2.45, 2.75) is 16.3 Å². The number of benzene rings is 2. The quantitative estimate of drug-likeness (QED) is 0.594. The van der Waals surface area contributed by atoms with Gasteiger partial charge in [0.05, 0.1) is 21.2 Å². The highest BCUT2D eigenvalue weighted by atomic mass is 35.5. The van der Waals surface area contributed by atoms with Crippen LogP contribution in [0.2, 0.25) is 5.02 Å². The number of hydrogen-bond donors (Lipinski definition) is 0. The third kappa shape index (κ3) is 3.52. The third-order valence-electron chi connectivity index (χ3n) is 4.67. The molecule has 2 heterocycles. The van der Waals surface area contributed by atoms with Crippen LogP contribution in [0.1, 0.15) is 5.56 Å². The Morgan fingerprint density at radius 3 is 2.74 bits per heavy atom. The van der Waals surface area contributed by atoms with E-state index in [1.54, 1.807) is 42.7 Å². The molecule has 3 aromatic rings. The molecule has 1 aromatic heterocycles. The second kappa shape index (κ2) is 6.98. The van der Waals surface area contributed by atoms with Gasteiger partial charge in [-0.1, -0.05) is 29.8 Å². The molecule has 1 aliphatic rings. The van der Waals surface area contributed by atoms with E-state index in [1.807, 2.05) is 17.0 Å². The SMILES string of the molecule is C[S+]([O-])c1ccc2nc(N3CCS(=O)(=O)c4ccccc4C3)cc(Cl)c2c1. The summed E-state index contributed by atoms with van der Waals surface area (Å²) in [5.74, 6) is 0.652. The minimum absolute atomic E-state index is 0.0229. The fraction of sp³-hybridized carbons (Fsp3) is 0.211. The van der Waals surface area contributed by atoms with E-state index in [0.717, 1.165) is 10.9 Å². The predicted molar refractivity (Wildman–Crippen MR) is 109 cm³/mol. The van der Waals surface area contributed by atoms with E-state index in [2.05, 4.69) is 4.98 Å². The zero-order chi connectivity index (χ0) is 19.2. The van der Waals surface area contributed by atoms with Crippen molar-refractivity contribution in [3.63, 3.8) is 0 Å². The van der Waals surface area contributed by atoms with Crippen LogP contribution >= 0.6 is 11.6 Å². The Bertz CT molecular complexity index is 1130. The molecule has 0 amide bonds. The first-order valence-electron chi connectivity index (χ1n) is 8.34. The summed E-state index contributed by atoms with van der Waals surface area (Å²) in [6, 6.07) is 14.2. The van der Waals surface area contributed by atoms with Gasteiger partial charge in [-0.25, -0.2) is 13.4 Å².